The van der Waals surface area contributed by atoms with Gasteiger partial charge in [0.05, 0.1) is 5.69 Å². The number of aromatic nitrogens is 2. The second-order valence-electron chi connectivity index (χ2n) is 4.70. The summed E-state index contributed by atoms with van der Waals surface area (Å²) in [5.74, 6) is 1.05. The van der Waals surface area contributed by atoms with E-state index in [0.29, 0.717) is 6.54 Å². The van der Waals surface area contributed by atoms with E-state index >= 15 is 0 Å². The van der Waals surface area contributed by atoms with Gasteiger partial charge in [-0.05, 0) is 24.6 Å². The maximum atomic E-state index is 9.27. The molecular weight excluding hydrogens is 250 g/mol. The standard InChI is InChI=1S/C16H15N3O/c1-11-14-4-2-3-5-15(14)16(19-18-11)17-10-12-6-8-13(20)9-7-12/h2-9,20H,10H2,1H3,(H,17,19). The average Bonchev–Trinajstić information content (AvgIpc) is 2.49. The quantitative estimate of drug-likeness (QED) is 0.763. The van der Waals surface area contributed by atoms with Crippen molar-refractivity contribution in [3.05, 3.63) is 59.8 Å². The number of aryl methyl sites for hydroxylation is 1. The number of rotatable bonds is 3. The first-order chi connectivity index (χ1) is 9.74. The summed E-state index contributed by atoms with van der Waals surface area (Å²) in [6.07, 6.45) is 0. The van der Waals surface area contributed by atoms with Gasteiger partial charge in [0.15, 0.2) is 5.82 Å². The third-order valence-electron chi connectivity index (χ3n) is 3.27. The number of hydrogen-bond donors (Lipinski definition) is 2. The summed E-state index contributed by atoms with van der Waals surface area (Å²) in [7, 11) is 0. The Balaban J connectivity index is 1.88. The predicted molar refractivity (Wildman–Crippen MR) is 79.7 cm³/mol. The van der Waals surface area contributed by atoms with Crippen molar-refractivity contribution in [3.63, 3.8) is 0 Å². The van der Waals surface area contributed by atoms with Crippen molar-refractivity contribution in [2.75, 3.05) is 5.32 Å². The van der Waals surface area contributed by atoms with Crippen LogP contribution in [0.5, 0.6) is 5.75 Å². The average molecular weight is 265 g/mol. The second kappa shape index (κ2) is 5.17. The van der Waals surface area contributed by atoms with Crippen LogP contribution in [0.4, 0.5) is 5.82 Å². The van der Waals surface area contributed by atoms with E-state index in [1.165, 1.54) is 0 Å². The maximum absolute atomic E-state index is 9.27. The third kappa shape index (κ3) is 2.40. The number of phenols is 1. The van der Waals surface area contributed by atoms with Crippen LogP contribution in [-0.2, 0) is 6.54 Å². The highest BCUT2D eigenvalue weighted by Crippen LogP contribution is 2.22. The molecule has 1 heterocycles. The molecule has 0 atom stereocenters. The van der Waals surface area contributed by atoms with Gasteiger partial charge in [-0.15, -0.1) is 5.10 Å². The first-order valence-electron chi connectivity index (χ1n) is 6.48. The lowest BCUT2D eigenvalue weighted by Crippen LogP contribution is -2.04. The molecule has 0 amide bonds. The van der Waals surface area contributed by atoms with Gasteiger partial charge in [-0.25, -0.2) is 0 Å². The SMILES string of the molecule is Cc1nnc(NCc2ccc(O)cc2)c2ccccc12. The van der Waals surface area contributed by atoms with Gasteiger partial charge in [-0.3, -0.25) is 0 Å². The Morgan fingerprint density at radius 1 is 0.950 bits per heavy atom. The molecule has 4 heteroatoms. The van der Waals surface area contributed by atoms with Crippen LogP contribution < -0.4 is 5.32 Å². The van der Waals surface area contributed by atoms with Gasteiger partial charge in [0.2, 0.25) is 0 Å². The van der Waals surface area contributed by atoms with E-state index in [2.05, 4.69) is 15.5 Å². The summed E-state index contributed by atoms with van der Waals surface area (Å²) in [6, 6.07) is 15.2. The van der Waals surface area contributed by atoms with Crippen molar-refractivity contribution < 1.29 is 5.11 Å². The first-order valence-corrected chi connectivity index (χ1v) is 6.48. The van der Waals surface area contributed by atoms with Crippen LogP contribution in [0.25, 0.3) is 10.8 Å². The van der Waals surface area contributed by atoms with Crippen molar-refractivity contribution in [2.45, 2.75) is 13.5 Å². The number of nitrogens with zero attached hydrogens (tertiary/aromatic N) is 2. The number of anilines is 1. The van der Waals surface area contributed by atoms with Crippen LogP contribution in [0.1, 0.15) is 11.3 Å². The molecule has 0 aliphatic rings. The van der Waals surface area contributed by atoms with Crippen molar-refractivity contribution >= 4 is 16.6 Å². The predicted octanol–water partition coefficient (Wildman–Crippen LogP) is 3.26. The van der Waals surface area contributed by atoms with Crippen molar-refractivity contribution in [1.29, 1.82) is 0 Å². The fourth-order valence-electron chi connectivity index (χ4n) is 2.17. The van der Waals surface area contributed by atoms with Gasteiger partial charge in [-0.2, -0.15) is 5.10 Å². The molecule has 20 heavy (non-hydrogen) atoms. The molecule has 0 saturated heterocycles. The van der Waals surface area contributed by atoms with Gasteiger partial charge in [0, 0.05) is 17.3 Å². The summed E-state index contributed by atoms with van der Waals surface area (Å²) in [5, 5.41) is 23.2. The number of hydrogen-bond acceptors (Lipinski definition) is 4. The molecule has 3 rings (SSSR count). The van der Waals surface area contributed by atoms with E-state index < -0.39 is 0 Å². The maximum Gasteiger partial charge on any atom is 0.156 e. The molecule has 0 spiro atoms. The van der Waals surface area contributed by atoms with Crippen LogP contribution in [0.15, 0.2) is 48.5 Å². The number of fused-ring (bicyclic) bond motifs is 1. The summed E-state index contributed by atoms with van der Waals surface area (Å²) < 4.78 is 0. The molecule has 0 unspecified atom stereocenters. The Labute approximate surface area is 117 Å². The Bertz CT molecular complexity index is 738. The zero-order valence-electron chi connectivity index (χ0n) is 11.2. The topological polar surface area (TPSA) is 58.0 Å². The van der Waals surface area contributed by atoms with Crippen LogP contribution in [0.2, 0.25) is 0 Å². The fraction of sp³-hybridized carbons (Fsp3) is 0.125. The largest absolute Gasteiger partial charge is 0.508 e. The van der Waals surface area contributed by atoms with E-state index in [1.54, 1.807) is 12.1 Å². The normalized spacial score (nSPS) is 10.7. The number of nitrogens with one attached hydrogen (secondary N) is 1. The Kier molecular flexibility index (Phi) is 3.21. The van der Waals surface area contributed by atoms with Crippen molar-refractivity contribution in [3.8, 4) is 5.75 Å². The van der Waals surface area contributed by atoms with E-state index in [0.717, 1.165) is 27.8 Å². The summed E-state index contributed by atoms with van der Waals surface area (Å²) in [4.78, 5) is 0. The van der Waals surface area contributed by atoms with E-state index in [1.807, 2.05) is 43.3 Å². The molecule has 0 saturated carbocycles. The minimum Gasteiger partial charge on any atom is -0.508 e. The molecule has 0 radical (unpaired) electrons. The minimum absolute atomic E-state index is 0.273. The number of phenolic OH excluding ortho intramolecular Hbond substituents is 1. The van der Waals surface area contributed by atoms with Gasteiger partial charge >= 0.3 is 0 Å². The molecule has 3 aromatic rings. The Hall–Kier alpha value is -2.62. The van der Waals surface area contributed by atoms with Gasteiger partial charge in [0.25, 0.3) is 0 Å². The molecule has 100 valence electrons. The molecule has 0 fully saturated rings. The van der Waals surface area contributed by atoms with Crippen LogP contribution in [0, 0.1) is 6.92 Å². The number of benzene rings is 2. The molecule has 4 nitrogen and oxygen atoms in total. The highest BCUT2D eigenvalue weighted by atomic mass is 16.3. The summed E-state index contributed by atoms with van der Waals surface area (Å²) in [5.41, 5.74) is 2.00. The van der Waals surface area contributed by atoms with Gasteiger partial charge < -0.3 is 10.4 Å². The molecular formula is C16H15N3O. The lowest BCUT2D eigenvalue weighted by Gasteiger charge is -2.09. The molecule has 0 aliphatic heterocycles. The van der Waals surface area contributed by atoms with Crippen molar-refractivity contribution in [1.82, 2.24) is 10.2 Å². The third-order valence-corrected chi connectivity index (χ3v) is 3.27. The lowest BCUT2D eigenvalue weighted by atomic mass is 10.1. The summed E-state index contributed by atoms with van der Waals surface area (Å²) >= 11 is 0. The lowest BCUT2D eigenvalue weighted by molar-refractivity contribution is 0.475. The zero-order chi connectivity index (χ0) is 13.9. The minimum atomic E-state index is 0.273. The molecule has 2 N–H and O–H groups in total. The zero-order valence-corrected chi connectivity index (χ0v) is 11.2. The highest BCUT2D eigenvalue weighted by molar-refractivity contribution is 5.92. The molecule has 1 aromatic heterocycles. The molecule has 0 aliphatic carbocycles. The van der Waals surface area contributed by atoms with E-state index in [4.69, 9.17) is 0 Å². The fourth-order valence-corrected chi connectivity index (χ4v) is 2.17. The molecule has 0 bridgehead atoms. The Morgan fingerprint density at radius 3 is 2.40 bits per heavy atom. The smallest absolute Gasteiger partial charge is 0.156 e. The van der Waals surface area contributed by atoms with Gasteiger partial charge in [0.1, 0.15) is 5.75 Å². The van der Waals surface area contributed by atoms with Crippen LogP contribution in [-0.4, -0.2) is 15.3 Å². The van der Waals surface area contributed by atoms with Crippen LogP contribution in [0.3, 0.4) is 0 Å². The Morgan fingerprint density at radius 2 is 1.65 bits per heavy atom. The van der Waals surface area contributed by atoms with Crippen LogP contribution >= 0.6 is 0 Å². The highest BCUT2D eigenvalue weighted by Gasteiger charge is 2.05. The summed E-state index contributed by atoms with van der Waals surface area (Å²) in [6.45, 7) is 2.60. The van der Waals surface area contributed by atoms with Gasteiger partial charge in [-0.1, -0.05) is 36.4 Å². The first kappa shape index (κ1) is 12.4. The second-order valence-corrected chi connectivity index (χ2v) is 4.70. The van der Waals surface area contributed by atoms with Crippen molar-refractivity contribution in [2.24, 2.45) is 0 Å². The molecule has 2 aromatic carbocycles. The number of aromatic hydroxyl groups is 1. The monoisotopic (exact) mass is 265 g/mol. The van der Waals surface area contributed by atoms with E-state index in [9.17, 15) is 5.11 Å². The van der Waals surface area contributed by atoms with E-state index in [-0.39, 0.29) is 5.75 Å².